The van der Waals surface area contributed by atoms with Gasteiger partial charge in [-0.1, -0.05) is 6.92 Å². The first kappa shape index (κ1) is 44.8. The first-order valence-electron chi connectivity index (χ1n) is 11.4. The molecule has 0 fully saturated rings. The topological polar surface area (TPSA) is 72.5 Å². The predicted molar refractivity (Wildman–Crippen MR) is 107 cm³/mol. The van der Waals surface area contributed by atoms with Crippen molar-refractivity contribution in [2.75, 3.05) is 13.2 Å². The molecule has 0 aromatic heterocycles. The smallest absolute Gasteiger partial charge is 0.427 e. The molecule has 1 N–H and O–H groups in total. The Balaban J connectivity index is 6.86. The zero-order valence-corrected chi connectivity index (χ0v) is 23.4. The van der Waals surface area contributed by atoms with Crippen molar-refractivity contribution in [3.05, 3.63) is 0 Å². The number of esters is 1. The van der Waals surface area contributed by atoms with Crippen LogP contribution in [-0.4, -0.2) is 92.5 Å². The van der Waals surface area contributed by atoms with Gasteiger partial charge in [-0.2, -0.15) is 87.8 Å². The fourth-order valence-corrected chi connectivity index (χ4v) is 3.63. The molecule has 0 aromatic carbocycles. The van der Waals surface area contributed by atoms with Crippen LogP contribution in [0.2, 0.25) is 0 Å². The zero-order chi connectivity index (χ0) is 38.7. The van der Waals surface area contributed by atoms with E-state index in [1.807, 2.05) is 0 Å². The Morgan fingerprint density at radius 3 is 1.19 bits per heavy atom. The molecule has 0 unspecified atom stereocenters. The van der Waals surface area contributed by atoms with Crippen molar-refractivity contribution in [1.82, 2.24) is 4.72 Å². The monoisotopic (exact) mass is 773 g/mol. The van der Waals surface area contributed by atoms with E-state index in [0.717, 1.165) is 13.8 Å². The summed E-state index contributed by atoms with van der Waals surface area (Å²) in [4.78, 5) is 11.7. The Hall–Kier alpha value is -2.16. The number of alkyl halides is 22. The number of hydrogen-bond donors (Lipinski definition) is 1. The molecule has 5 nitrogen and oxygen atoms in total. The van der Waals surface area contributed by atoms with E-state index in [2.05, 4.69) is 4.74 Å². The van der Waals surface area contributed by atoms with Crippen molar-refractivity contribution in [3.8, 4) is 0 Å². The van der Waals surface area contributed by atoms with Gasteiger partial charge in [0.15, 0.2) is 0 Å². The van der Waals surface area contributed by atoms with Crippen LogP contribution in [0.3, 0.4) is 0 Å². The van der Waals surface area contributed by atoms with Crippen LogP contribution in [-0.2, 0) is 19.6 Å². The second kappa shape index (κ2) is 12.3. The summed E-state index contributed by atoms with van der Waals surface area (Å²) in [5.41, 5.74) is -1.39. The van der Waals surface area contributed by atoms with Gasteiger partial charge in [-0.15, -0.1) is 0 Å². The summed E-state index contributed by atoms with van der Waals surface area (Å²) in [6.45, 7) is 0.400. The van der Waals surface area contributed by atoms with Crippen molar-refractivity contribution < 1.29 is 115 Å². The van der Waals surface area contributed by atoms with Crippen LogP contribution < -0.4 is 4.72 Å². The second-order valence-corrected chi connectivity index (χ2v) is 11.6. The molecule has 47 heavy (non-hydrogen) atoms. The van der Waals surface area contributed by atoms with Gasteiger partial charge in [0.2, 0.25) is 0 Å². The molecule has 28 heteroatoms. The van der Waals surface area contributed by atoms with Gasteiger partial charge in [-0.3, -0.25) is 4.79 Å². The van der Waals surface area contributed by atoms with Gasteiger partial charge in [0, 0.05) is 6.54 Å². The average molecular weight is 773 g/mol. The molecule has 0 radical (unpaired) electrons. The summed E-state index contributed by atoms with van der Waals surface area (Å²) < 4.78 is 325. The molecule has 0 heterocycles. The molecule has 0 saturated carbocycles. The number of carbonyl (C=O) groups excluding carboxylic acids is 1. The van der Waals surface area contributed by atoms with Crippen LogP contribution in [0.1, 0.15) is 27.2 Å². The van der Waals surface area contributed by atoms with Crippen molar-refractivity contribution in [2.45, 2.75) is 92.2 Å². The lowest BCUT2D eigenvalue weighted by molar-refractivity contribution is -0.469. The summed E-state index contributed by atoms with van der Waals surface area (Å²) in [6, 6.07) is 0. The van der Waals surface area contributed by atoms with E-state index in [9.17, 15) is 110 Å². The molecule has 0 atom stereocenters. The number of rotatable bonds is 17. The number of halogens is 22. The minimum Gasteiger partial charge on any atom is -0.464 e. The highest BCUT2D eigenvalue weighted by Crippen LogP contribution is 2.66. The highest BCUT2D eigenvalue weighted by molar-refractivity contribution is 7.90. The SMILES string of the molecule is CCC(C)(C)C(=O)OCCNS(=O)(=O)C(F)(F)C(F)(F)C(F)(F)C(F)(F)C(F)(F)C(F)(F)C(F)(F)C(F)(F)C(F)(F)C(F)(F)C(F)F. The van der Waals surface area contributed by atoms with Gasteiger partial charge in [0.25, 0.3) is 10.0 Å². The average Bonchev–Trinajstić information content (AvgIpc) is 2.89. The van der Waals surface area contributed by atoms with Gasteiger partial charge in [0.1, 0.15) is 6.61 Å². The third-order valence-corrected chi connectivity index (χ3v) is 7.74. The lowest BCUT2D eigenvalue weighted by Crippen LogP contribution is -2.77. The number of sulfonamides is 1. The molecule has 0 saturated heterocycles. The molecule has 0 spiro atoms. The number of ether oxygens (including phenoxy) is 1. The van der Waals surface area contributed by atoms with E-state index in [1.165, 1.54) is 6.92 Å². The fraction of sp³-hybridized carbons (Fsp3) is 0.947. The molecule has 0 aromatic rings. The summed E-state index contributed by atoms with van der Waals surface area (Å²) in [5, 5.41) is -7.93. The van der Waals surface area contributed by atoms with E-state index in [0.29, 0.717) is 0 Å². The maximum atomic E-state index is 14.0. The van der Waals surface area contributed by atoms with Crippen LogP contribution in [0, 0.1) is 5.41 Å². The van der Waals surface area contributed by atoms with Crippen LogP contribution in [0.5, 0.6) is 0 Å². The number of nitrogens with one attached hydrogen (secondary N) is 1. The lowest BCUT2D eigenvalue weighted by Gasteiger charge is -2.44. The highest BCUT2D eigenvalue weighted by atomic mass is 32.2. The van der Waals surface area contributed by atoms with Crippen molar-refractivity contribution in [1.29, 1.82) is 0 Å². The van der Waals surface area contributed by atoms with E-state index in [1.54, 1.807) is 0 Å². The summed E-state index contributed by atoms with van der Waals surface area (Å²) in [6.07, 6.45) is -6.28. The predicted octanol–water partition coefficient (Wildman–Crippen LogP) is 7.46. The minimum absolute atomic E-state index is 0.0248. The molecular formula is C19H17F22NO4S. The van der Waals surface area contributed by atoms with Crippen molar-refractivity contribution in [2.24, 2.45) is 5.41 Å². The minimum atomic E-state index is -9.47. The molecule has 0 amide bonds. The van der Waals surface area contributed by atoms with E-state index < -0.39 is 99.5 Å². The summed E-state index contributed by atoms with van der Waals surface area (Å²) in [5.74, 6) is -82.5. The maximum absolute atomic E-state index is 14.0. The first-order valence-corrected chi connectivity index (χ1v) is 12.8. The molecule has 282 valence electrons. The Kier molecular flexibility index (Phi) is 11.7. The van der Waals surface area contributed by atoms with E-state index in [-0.39, 0.29) is 11.1 Å². The fourth-order valence-electron chi connectivity index (χ4n) is 2.63. The summed E-state index contributed by atoms with van der Waals surface area (Å²) >= 11 is 0. The van der Waals surface area contributed by atoms with Crippen molar-refractivity contribution in [3.63, 3.8) is 0 Å². The van der Waals surface area contributed by atoms with Crippen LogP contribution in [0.15, 0.2) is 0 Å². The molecule has 0 aliphatic rings. The Morgan fingerprint density at radius 2 is 0.894 bits per heavy atom. The zero-order valence-electron chi connectivity index (χ0n) is 22.6. The van der Waals surface area contributed by atoms with Crippen LogP contribution >= 0.6 is 0 Å². The standard InChI is InChI=1S/C19H17F22NO4S/c1-4-9(2,3)8(43)46-6-5-42-47(44,45)19(40,41)18(38,39)17(36,37)16(34,35)15(32,33)14(30,31)13(28,29)12(26,27)11(24,25)10(22,23)7(20)21/h7,42H,4-6H2,1-3H3. The number of carbonyl (C=O) groups is 1. The largest absolute Gasteiger partial charge is 0.464 e. The summed E-state index contributed by atoms with van der Waals surface area (Å²) in [7, 11) is -7.67. The highest BCUT2D eigenvalue weighted by Gasteiger charge is 2.98. The second-order valence-electron chi connectivity index (χ2n) is 9.81. The molecular weight excluding hydrogens is 756 g/mol. The molecule has 0 rings (SSSR count). The van der Waals surface area contributed by atoms with Crippen LogP contribution in [0.25, 0.3) is 0 Å². The van der Waals surface area contributed by atoms with Crippen LogP contribution in [0.4, 0.5) is 96.6 Å². The maximum Gasteiger partial charge on any atom is 0.427 e. The van der Waals surface area contributed by atoms with Gasteiger partial charge in [-0.25, -0.2) is 21.9 Å². The molecule has 0 aliphatic heterocycles. The van der Waals surface area contributed by atoms with E-state index in [4.69, 9.17) is 0 Å². The van der Waals surface area contributed by atoms with E-state index >= 15 is 0 Å². The number of hydrogen-bond acceptors (Lipinski definition) is 4. The molecule has 0 aliphatic carbocycles. The van der Waals surface area contributed by atoms with Gasteiger partial charge >= 0.3 is 71.0 Å². The normalized spacial score (nSPS) is 16.1. The van der Waals surface area contributed by atoms with Gasteiger partial charge < -0.3 is 4.74 Å². The Bertz CT molecular complexity index is 1250. The quantitative estimate of drug-likeness (QED) is 0.0948. The first-order chi connectivity index (χ1) is 20.1. The molecule has 0 bridgehead atoms. The van der Waals surface area contributed by atoms with Gasteiger partial charge in [-0.05, 0) is 20.3 Å². The van der Waals surface area contributed by atoms with Crippen molar-refractivity contribution >= 4 is 16.0 Å². The lowest BCUT2D eigenvalue weighted by atomic mass is 9.86. The Labute approximate surface area is 247 Å². The Morgan fingerprint density at radius 1 is 0.596 bits per heavy atom. The third kappa shape index (κ3) is 6.25. The van der Waals surface area contributed by atoms with Gasteiger partial charge in [0.05, 0.1) is 5.41 Å². The third-order valence-electron chi connectivity index (χ3n) is 6.22.